The maximum absolute atomic E-state index is 13.7. The Balaban J connectivity index is 1.57. The van der Waals surface area contributed by atoms with E-state index in [2.05, 4.69) is 15.5 Å². The lowest BCUT2D eigenvalue weighted by Crippen LogP contribution is -2.42. The molecule has 1 unspecified atom stereocenters. The highest BCUT2D eigenvalue weighted by Gasteiger charge is 2.28. The molecular formula is C30H45N5O5. The summed E-state index contributed by atoms with van der Waals surface area (Å²) in [6.07, 6.45) is 8.84. The second-order valence-electron chi connectivity index (χ2n) is 10.7. The molecule has 1 aliphatic carbocycles. The number of nitrogens with zero attached hydrogens (tertiary/aromatic N) is 3. The second kappa shape index (κ2) is 15.0. The van der Waals surface area contributed by atoms with Gasteiger partial charge >= 0.3 is 0 Å². The number of hydrogen-bond donors (Lipinski definition) is 2. The van der Waals surface area contributed by atoms with Crippen LogP contribution in [0.25, 0.3) is 11.3 Å². The molecule has 1 aliphatic heterocycles. The maximum atomic E-state index is 13.7. The molecule has 4 rings (SSSR count). The van der Waals surface area contributed by atoms with E-state index in [1.807, 2.05) is 28.9 Å². The molecule has 0 bridgehead atoms. The minimum atomic E-state index is -0.308. The summed E-state index contributed by atoms with van der Waals surface area (Å²) in [5.41, 5.74) is 1.91. The predicted octanol–water partition coefficient (Wildman–Crippen LogP) is 3.81. The molecule has 1 saturated heterocycles. The molecule has 2 heterocycles. The fourth-order valence-electron chi connectivity index (χ4n) is 5.82. The number of ether oxygens (including phenoxy) is 3. The Morgan fingerprint density at radius 1 is 1.02 bits per heavy atom. The van der Waals surface area contributed by atoms with E-state index in [-0.39, 0.29) is 30.3 Å². The van der Waals surface area contributed by atoms with Crippen molar-refractivity contribution >= 4 is 11.8 Å². The Morgan fingerprint density at radius 3 is 2.38 bits per heavy atom. The van der Waals surface area contributed by atoms with Crippen molar-refractivity contribution in [3.05, 3.63) is 30.0 Å². The third-order valence-electron chi connectivity index (χ3n) is 7.96. The summed E-state index contributed by atoms with van der Waals surface area (Å²) in [4.78, 5) is 28.8. The van der Waals surface area contributed by atoms with E-state index >= 15 is 0 Å². The van der Waals surface area contributed by atoms with Gasteiger partial charge in [-0.25, -0.2) is 0 Å². The number of amides is 2. The first-order valence-electron chi connectivity index (χ1n) is 14.6. The zero-order valence-corrected chi connectivity index (χ0v) is 24.2. The summed E-state index contributed by atoms with van der Waals surface area (Å²) in [5.74, 6) is 0.951. The standard InChI is InChI=1S/C30H45N5O5/c1-38-19-15-31-28(36)20-22(14-18-34-16-7-4-8-17-34)32-30(37)24-21-25(35(33-24)23-10-5-6-11-23)29-26(39-2)12-9-13-27(29)40-3/h9,12-13,21-23H,4-8,10-11,14-20H2,1-3H3,(H,31,36)(H,32,37). The van der Waals surface area contributed by atoms with E-state index in [4.69, 9.17) is 19.3 Å². The smallest absolute Gasteiger partial charge is 0.272 e. The van der Waals surface area contributed by atoms with Crippen LogP contribution in [-0.2, 0) is 9.53 Å². The van der Waals surface area contributed by atoms with Crippen LogP contribution in [0.2, 0.25) is 0 Å². The van der Waals surface area contributed by atoms with Crippen LogP contribution in [0.3, 0.4) is 0 Å². The van der Waals surface area contributed by atoms with Crippen molar-refractivity contribution in [3.8, 4) is 22.8 Å². The molecule has 1 atom stereocenters. The molecule has 1 aromatic heterocycles. The van der Waals surface area contributed by atoms with E-state index < -0.39 is 0 Å². The molecule has 2 aliphatic rings. The monoisotopic (exact) mass is 555 g/mol. The Morgan fingerprint density at radius 2 is 1.73 bits per heavy atom. The predicted molar refractivity (Wildman–Crippen MR) is 154 cm³/mol. The molecule has 2 aromatic rings. The zero-order chi connectivity index (χ0) is 28.3. The first-order valence-corrected chi connectivity index (χ1v) is 14.6. The minimum Gasteiger partial charge on any atom is -0.496 e. The molecule has 0 spiro atoms. The number of methoxy groups -OCH3 is 3. The lowest BCUT2D eigenvalue weighted by molar-refractivity contribution is -0.121. The van der Waals surface area contributed by atoms with Gasteiger partial charge in [0.2, 0.25) is 5.91 Å². The summed E-state index contributed by atoms with van der Waals surface area (Å²) in [6, 6.07) is 7.39. The summed E-state index contributed by atoms with van der Waals surface area (Å²) < 4.78 is 18.4. The number of carbonyl (C=O) groups is 2. The summed E-state index contributed by atoms with van der Waals surface area (Å²) >= 11 is 0. The molecule has 1 saturated carbocycles. The molecule has 1 aromatic carbocycles. The van der Waals surface area contributed by atoms with Crippen LogP contribution in [0, 0.1) is 0 Å². The molecule has 10 nitrogen and oxygen atoms in total. The largest absolute Gasteiger partial charge is 0.496 e. The number of piperidine rings is 1. The normalized spacial score (nSPS) is 17.0. The highest BCUT2D eigenvalue weighted by atomic mass is 16.5. The third-order valence-corrected chi connectivity index (χ3v) is 7.96. The minimum absolute atomic E-state index is 0.100. The molecule has 2 amide bonds. The molecule has 40 heavy (non-hydrogen) atoms. The van der Waals surface area contributed by atoms with Crippen LogP contribution >= 0.6 is 0 Å². The van der Waals surface area contributed by atoms with Gasteiger partial charge in [-0.1, -0.05) is 25.3 Å². The van der Waals surface area contributed by atoms with E-state index in [1.54, 1.807) is 21.3 Å². The number of hydrogen-bond acceptors (Lipinski definition) is 7. The van der Waals surface area contributed by atoms with Crippen molar-refractivity contribution in [1.82, 2.24) is 25.3 Å². The third kappa shape index (κ3) is 7.75. The van der Waals surface area contributed by atoms with Crippen molar-refractivity contribution in [1.29, 1.82) is 0 Å². The van der Waals surface area contributed by atoms with Crippen LogP contribution in [0.5, 0.6) is 11.5 Å². The van der Waals surface area contributed by atoms with Crippen LogP contribution in [0.4, 0.5) is 0 Å². The number of nitrogens with one attached hydrogen (secondary N) is 2. The molecule has 2 fully saturated rings. The van der Waals surface area contributed by atoms with E-state index in [0.717, 1.165) is 56.6 Å². The Bertz CT molecular complexity index is 1090. The van der Waals surface area contributed by atoms with Crippen LogP contribution in [0.15, 0.2) is 24.3 Å². The average molecular weight is 556 g/mol. The summed E-state index contributed by atoms with van der Waals surface area (Å²) in [5, 5.41) is 10.9. The van der Waals surface area contributed by atoms with Crippen molar-refractivity contribution < 1.29 is 23.8 Å². The van der Waals surface area contributed by atoms with E-state index in [9.17, 15) is 9.59 Å². The number of benzene rings is 1. The Labute approximate surface area is 237 Å². The van der Waals surface area contributed by atoms with Gasteiger partial charge in [-0.2, -0.15) is 5.10 Å². The lowest BCUT2D eigenvalue weighted by atomic mass is 10.1. The van der Waals surface area contributed by atoms with Gasteiger partial charge in [0.1, 0.15) is 11.5 Å². The topological polar surface area (TPSA) is 107 Å². The number of carbonyl (C=O) groups excluding carboxylic acids is 2. The quantitative estimate of drug-likeness (QED) is 0.342. The molecule has 220 valence electrons. The van der Waals surface area contributed by atoms with Gasteiger partial charge < -0.3 is 29.7 Å². The Hall–Kier alpha value is -3.11. The van der Waals surface area contributed by atoms with Gasteiger partial charge in [-0.3, -0.25) is 14.3 Å². The van der Waals surface area contributed by atoms with Gasteiger partial charge in [-0.15, -0.1) is 0 Å². The average Bonchev–Trinajstić information content (AvgIpc) is 3.66. The van der Waals surface area contributed by atoms with Crippen LogP contribution in [0.1, 0.15) is 74.3 Å². The molecular weight excluding hydrogens is 510 g/mol. The van der Waals surface area contributed by atoms with E-state index in [0.29, 0.717) is 36.8 Å². The van der Waals surface area contributed by atoms with Gasteiger partial charge in [0, 0.05) is 32.7 Å². The molecule has 0 radical (unpaired) electrons. The van der Waals surface area contributed by atoms with Crippen molar-refractivity contribution in [3.63, 3.8) is 0 Å². The van der Waals surface area contributed by atoms with Crippen molar-refractivity contribution in [2.75, 3.05) is 54.1 Å². The Kier molecular flexibility index (Phi) is 11.2. The first kappa shape index (κ1) is 29.9. The van der Waals surface area contributed by atoms with Gasteiger partial charge in [0.25, 0.3) is 5.91 Å². The van der Waals surface area contributed by atoms with Crippen LogP contribution < -0.4 is 20.1 Å². The highest BCUT2D eigenvalue weighted by Crippen LogP contribution is 2.41. The fraction of sp³-hybridized carbons (Fsp3) is 0.633. The van der Waals surface area contributed by atoms with E-state index in [1.165, 1.54) is 19.3 Å². The van der Waals surface area contributed by atoms with Crippen molar-refractivity contribution in [2.45, 2.75) is 69.9 Å². The van der Waals surface area contributed by atoms with Gasteiger partial charge in [0.15, 0.2) is 5.69 Å². The van der Waals surface area contributed by atoms with Crippen LogP contribution in [-0.4, -0.2) is 86.7 Å². The zero-order valence-electron chi connectivity index (χ0n) is 24.2. The second-order valence-corrected chi connectivity index (χ2v) is 10.7. The molecule has 2 N–H and O–H groups in total. The summed E-state index contributed by atoms with van der Waals surface area (Å²) in [6.45, 7) is 3.87. The maximum Gasteiger partial charge on any atom is 0.272 e. The fourth-order valence-corrected chi connectivity index (χ4v) is 5.82. The first-order chi connectivity index (χ1) is 19.5. The van der Waals surface area contributed by atoms with Gasteiger partial charge in [0.05, 0.1) is 38.1 Å². The molecule has 10 heteroatoms. The number of aromatic nitrogens is 2. The lowest BCUT2D eigenvalue weighted by Gasteiger charge is -2.28. The van der Waals surface area contributed by atoms with Crippen molar-refractivity contribution in [2.24, 2.45) is 0 Å². The summed E-state index contributed by atoms with van der Waals surface area (Å²) in [7, 11) is 4.87. The number of likely N-dealkylation sites (tertiary alicyclic amines) is 1. The number of rotatable bonds is 14. The highest BCUT2D eigenvalue weighted by molar-refractivity contribution is 5.94. The van der Waals surface area contributed by atoms with Gasteiger partial charge in [-0.05, 0) is 63.4 Å². The SMILES string of the molecule is COCCNC(=O)CC(CCN1CCCCC1)NC(=O)c1cc(-c2c(OC)cccc2OC)n(C2CCCC2)n1.